The predicted octanol–water partition coefficient (Wildman–Crippen LogP) is 1.16. The molecule has 0 saturated carbocycles. The van der Waals surface area contributed by atoms with Crippen molar-refractivity contribution >= 4 is 17.4 Å². The molecule has 6 nitrogen and oxygen atoms in total. The topological polar surface area (TPSA) is 76.2 Å². The Labute approximate surface area is 121 Å². The van der Waals surface area contributed by atoms with Crippen LogP contribution in [0.15, 0.2) is 0 Å². The number of nitrogens with two attached hydrogens (primary N) is 1. The fourth-order valence-electron chi connectivity index (χ4n) is 2.12. The van der Waals surface area contributed by atoms with Gasteiger partial charge in [0.15, 0.2) is 5.82 Å². The quantitative estimate of drug-likeness (QED) is 0.786. The maximum Gasteiger partial charge on any atom is 0.239 e. The second kappa shape index (κ2) is 7.17. The van der Waals surface area contributed by atoms with Crippen molar-refractivity contribution in [2.75, 3.05) is 30.8 Å². The Morgan fingerprint density at radius 2 is 2.15 bits per heavy atom. The van der Waals surface area contributed by atoms with Crippen LogP contribution in [0, 0.1) is 5.92 Å². The third-order valence-corrected chi connectivity index (χ3v) is 3.07. The van der Waals surface area contributed by atoms with Crippen molar-refractivity contribution in [2.24, 2.45) is 13.0 Å². The van der Waals surface area contributed by atoms with Gasteiger partial charge in [-0.1, -0.05) is 27.2 Å². The largest absolute Gasteiger partial charge is 0.394 e. The van der Waals surface area contributed by atoms with Crippen molar-refractivity contribution in [3.05, 3.63) is 5.69 Å². The minimum atomic E-state index is -0.00107. The fourth-order valence-corrected chi connectivity index (χ4v) is 2.12. The van der Waals surface area contributed by atoms with Gasteiger partial charge in [0.25, 0.3) is 0 Å². The Balaban J connectivity index is 2.72. The number of carbonyl (C=O) groups is 1. The monoisotopic (exact) mass is 281 g/mol. The molecule has 20 heavy (non-hydrogen) atoms. The Kier molecular flexibility index (Phi) is 5.85. The van der Waals surface area contributed by atoms with E-state index in [-0.39, 0.29) is 12.5 Å². The van der Waals surface area contributed by atoms with Gasteiger partial charge in [-0.25, -0.2) is 0 Å². The Hall–Kier alpha value is -1.72. The summed E-state index contributed by atoms with van der Waals surface area (Å²) in [5.41, 5.74) is 7.71. The van der Waals surface area contributed by atoms with Gasteiger partial charge >= 0.3 is 0 Å². The van der Waals surface area contributed by atoms with E-state index in [1.807, 2.05) is 19.0 Å². The molecule has 1 aromatic rings. The highest BCUT2D eigenvalue weighted by Gasteiger charge is 2.18. The minimum absolute atomic E-state index is 0.00107. The number of nitrogens with one attached hydrogen (secondary N) is 1. The number of amides is 1. The number of rotatable bonds is 7. The van der Waals surface area contributed by atoms with Crippen molar-refractivity contribution in [1.82, 2.24) is 15.1 Å². The molecule has 0 aliphatic carbocycles. The number of anilines is 2. The molecule has 0 unspecified atom stereocenters. The number of aryl methyl sites for hydroxylation is 2. The molecule has 1 heterocycles. The van der Waals surface area contributed by atoms with Crippen LogP contribution >= 0.6 is 0 Å². The average Bonchev–Trinajstić information content (AvgIpc) is 2.62. The summed E-state index contributed by atoms with van der Waals surface area (Å²) in [4.78, 5) is 13.7. The normalized spacial score (nSPS) is 10.9. The lowest BCUT2D eigenvalue weighted by Crippen LogP contribution is -2.37. The maximum absolute atomic E-state index is 11.9. The summed E-state index contributed by atoms with van der Waals surface area (Å²) >= 11 is 0. The van der Waals surface area contributed by atoms with Gasteiger partial charge in [-0.3, -0.25) is 9.48 Å². The zero-order valence-corrected chi connectivity index (χ0v) is 13.2. The second-order valence-electron chi connectivity index (χ2n) is 5.61. The van der Waals surface area contributed by atoms with Gasteiger partial charge in [-0.05, 0) is 12.3 Å². The number of hydrogen-bond acceptors (Lipinski definition) is 4. The van der Waals surface area contributed by atoms with Crippen LogP contribution < -0.4 is 16.0 Å². The van der Waals surface area contributed by atoms with Gasteiger partial charge in [0, 0.05) is 20.6 Å². The lowest BCUT2D eigenvalue weighted by atomic mass is 10.2. The van der Waals surface area contributed by atoms with Crippen LogP contribution in [0.5, 0.6) is 0 Å². The van der Waals surface area contributed by atoms with Crippen molar-refractivity contribution in [2.45, 2.75) is 33.6 Å². The molecule has 0 radical (unpaired) electrons. The lowest BCUT2D eigenvalue weighted by Gasteiger charge is -2.19. The summed E-state index contributed by atoms with van der Waals surface area (Å²) in [5.74, 6) is 1.24. The number of hydrogen-bond donors (Lipinski definition) is 2. The van der Waals surface area contributed by atoms with E-state index >= 15 is 0 Å². The predicted molar refractivity (Wildman–Crippen MR) is 82.7 cm³/mol. The summed E-state index contributed by atoms with van der Waals surface area (Å²) in [7, 11) is 3.71. The Morgan fingerprint density at radius 3 is 2.70 bits per heavy atom. The molecule has 0 bridgehead atoms. The van der Waals surface area contributed by atoms with Crippen LogP contribution in [0.4, 0.5) is 11.5 Å². The van der Waals surface area contributed by atoms with E-state index in [0.29, 0.717) is 18.2 Å². The van der Waals surface area contributed by atoms with E-state index < -0.39 is 0 Å². The molecule has 1 amide bonds. The summed E-state index contributed by atoms with van der Waals surface area (Å²) < 4.78 is 1.75. The molecule has 1 aromatic heterocycles. The molecule has 0 saturated heterocycles. The second-order valence-corrected chi connectivity index (χ2v) is 5.61. The van der Waals surface area contributed by atoms with Crippen molar-refractivity contribution in [1.29, 1.82) is 0 Å². The molecule has 0 aliphatic heterocycles. The van der Waals surface area contributed by atoms with Gasteiger partial charge in [0.2, 0.25) is 5.91 Å². The van der Waals surface area contributed by atoms with Crippen LogP contribution in [-0.4, -0.2) is 35.8 Å². The lowest BCUT2D eigenvalue weighted by molar-refractivity contribution is -0.119. The zero-order valence-electron chi connectivity index (χ0n) is 13.2. The van der Waals surface area contributed by atoms with E-state index in [1.54, 1.807) is 4.68 Å². The van der Waals surface area contributed by atoms with Gasteiger partial charge < -0.3 is 16.0 Å². The van der Waals surface area contributed by atoms with Crippen molar-refractivity contribution in [3.8, 4) is 0 Å². The standard InChI is InChI=1S/C14H27N5O/c1-6-7-11-13(15)14(19(5)17-11)18(4)9-12(20)16-8-10(2)3/h10H,6-9,15H2,1-5H3,(H,16,20). The van der Waals surface area contributed by atoms with Gasteiger partial charge in [-0.2, -0.15) is 5.10 Å². The van der Waals surface area contributed by atoms with Gasteiger partial charge in [-0.15, -0.1) is 0 Å². The average molecular weight is 281 g/mol. The molecule has 114 valence electrons. The third kappa shape index (κ3) is 4.15. The molecule has 3 N–H and O–H groups in total. The van der Waals surface area contributed by atoms with Crippen LogP contribution in [0.1, 0.15) is 32.9 Å². The highest BCUT2D eigenvalue weighted by atomic mass is 16.2. The first-order valence-corrected chi connectivity index (χ1v) is 7.15. The first kappa shape index (κ1) is 16.3. The van der Waals surface area contributed by atoms with E-state index in [1.165, 1.54) is 0 Å². The molecule has 0 fully saturated rings. The first-order valence-electron chi connectivity index (χ1n) is 7.15. The molecule has 0 atom stereocenters. The van der Waals surface area contributed by atoms with Crippen LogP contribution in [0.25, 0.3) is 0 Å². The third-order valence-electron chi connectivity index (χ3n) is 3.07. The van der Waals surface area contributed by atoms with Crippen molar-refractivity contribution in [3.63, 3.8) is 0 Å². The van der Waals surface area contributed by atoms with Crippen LogP contribution in [0.3, 0.4) is 0 Å². The summed E-state index contributed by atoms with van der Waals surface area (Å²) in [5, 5.41) is 7.32. The molecule has 6 heteroatoms. The smallest absolute Gasteiger partial charge is 0.239 e. The highest BCUT2D eigenvalue weighted by molar-refractivity contribution is 5.82. The Bertz CT molecular complexity index is 453. The molecular weight excluding hydrogens is 254 g/mol. The zero-order chi connectivity index (χ0) is 15.3. The summed E-state index contributed by atoms with van der Waals surface area (Å²) in [6.07, 6.45) is 1.85. The highest BCUT2D eigenvalue weighted by Crippen LogP contribution is 2.25. The first-order chi connectivity index (χ1) is 9.36. The fraction of sp³-hybridized carbons (Fsp3) is 0.714. The summed E-state index contributed by atoms with van der Waals surface area (Å²) in [6, 6.07) is 0. The minimum Gasteiger partial charge on any atom is -0.394 e. The van der Waals surface area contributed by atoms with E-state index in [9.17, 15) is 4.79 Å². The van der Waals surface area contributed by atoms with Crippen molar-refractivity contribution < 1.29 is 4.79 Å². The van der Waals surface area contributed by atoms with Gasteiger partial charge in [0.05, 0.1) is 17.9 Å². The van der Waals surface area contributed by atoms with Crippen LogP contribution in [-0.2, 0) is 18.3 Å². The van der Waals surface area contributed by atoms with E-state index in [2.05, 4.69) is 31.2 Å². The molecule has 1 rings (SSSR count). The molecule has 0 aromatic carbocycles. The molecule has 0 aliphatic rings. The number of nitrogens with zero attached hydrogens (tertiary/aromatic N) is 3. The van der Waals surface area contributed by atoms with Gasteiger partial charge in [0.1, 0.15) is 0 Å². The SMILES string of the molecule is CCCc1nn(C)c(N(C)CC(=O)NCC(C)C)c1N. The maximum atomic E-state index is 11.9. The molecule has 0 spiro atoms. The van der Waals surface area contributed by atoms with Crippen LogP contribution in [0.2, 0.25) is 0 Å². The van der Waals surface area contributed by atoms with E-state index in [4.69, 9.17) is 5.73 Å². The summed E-state index contributed by atoms with van der Waals surface area (Å²) in [6.45, 7) is 7.20. The number of aromatic nitrogens is 2. The molecular formula is C14H27N5O. The van der Waals surface area contributed by atoms with E-state index in [0.717, 1.165) is 24.4 Å². The number of carbonyl (C=O) groups excluding carboxylic acids is 1. The Morgan fingerprint density at radius 1 is 1.50 bits per heavy atom. The number of nitrogen functional groups attached to an aromatic ring is 1. The number of likely N-dealkylation sites (N-methyl/N-ethyl adjacent to an activating group) is 1.